The Kier molecular flexibility index (Phi) is 19.1. The molecule has 3 rings (SSSR count). The second-order valence-corrected chi connectivity index (χ2v) is 46.9. The van der Waals surface area contributed by atoms with Crippen LogP contribution in [0.1, 0.15) is 88.5 Å². The molecule has 0 aliphatic carbocycles. The molecule has 0 aromatic heterocycles. The molecule has 0 radical (unpaired) electrons. The Bertz CT molecular complexity index is 1460. The maximum Gasteiger partial charge on any atom is 0.475 e. The van der Waals surface area contributed by atoms with Gasteiger partial charge < -0.3 is 37.3 Å². The van der Waals surface area contributed by atoms with Gasteiger partial charge in [-0.3, -0.25) is 13.6 Å². The maximum atomic E-state index is 15.2. The Balaban J connectivity index is 2.18. The summed E-state index contributed by atoms with van der Waals surface area (Å²) in [5.41, 5.74) is -0.975. The van der Waals surface area contributed by atoms with Gasteiger partial charge in [-0.25, -0.2) is 4.57 Å². The molecule has 0 aromatic rings. The van der Waals surface area contributed by atoms with E-state index in [-0.39, 0.29) is 60.7 Å². The summed E-state index contributed by atoms with van der Waals surface area (Å²) in [6.45, 7) is 46.9. The van der Waals surface area contributed by atoms with Gasteiger partial charge in [0.1, 0.15) is 18.5 Å². The first kappa shape index (κ1) is 56.7. The van der Waals surface area contributed by atoms with E-state index in [4.69, 9.17) is 46.1 Å². The van der Waals surface area contributed by atoms with Crippen LogP contribution in [0.15, 0.2) is 0 Å². The lowest BCUT2D eigenvalue weighted by atomic mass is 9.72. The first-order valence-electron chi connectivity index (χ1n) is 23.5. The van der Waals surface area contributed by atoms with Gasteiger partial charge in [-0.1, -0.05) is 94.7 Å². The molecule has 17 heteroatoms. The average molecular weight is 970 g/mol. The molecule has 3 aliphatic heterocycles. The van der Waals surface area contributed by atoms with Crippen molar-refractivity contribution in [3.63, 3.8) is 0 Å². The first-order valence-corrected chi connectivity index (χ1v) is 38.7. The van der Waals surface area contributed by atoms with Crippen molar-refractivity contribution in [2.45, 2.75) is 232 Å². The van der Waals surface area contributed by atoms with Crippen molar-refractivity contribution in [1.82, 2.24) is 0 Å². The molecule has 0 N–H and O–H groups in total. The Labute approximate surface area is 382 Å². The van der Waals surface area contributed by atoms with E-state index in [0.717, 1.165) is 18.4 Å². The van der Waals surface area contributed by atoms with Crippen LogP contribution in [-0.2, 0) is 55.5 Å². The number of phosphoric ester groups is 1. The number of carbonyl (C=O) groups is 1. The van der Waals surface area contributed by atoms with E-state index >= 15 is 4.57 Å². The summed E-state index contributed by atoms with van der Waals surface area (Å²) in [5.74, 6) is -2.21. The fourth-order valence-electron chi connectivity index (χ4n) is 8.44. The Morgan fingerprint density at radius 3 is 1.81 bits per heavy atom. The molecule has 3 saturated heterocycles. The number of hydrogen-bond donors (Lipinski definition) is 0. The fourth-order valence-corrected chi connectivity index (χ4v) is 13.9. The SMILES string of the molecule is CO[C@@H](C[C@@H]1OC(C)(C)O[C@H]([C@H](C)CO[Si](C)(C)C)[C@H]1C)[C@H]1O[C@@]2(C[C@@H](O[Si](C)(C)C(C)(C)C)[C@H](C)[C@H](CC=O)O2)C(C)(C)[C@H]1OP(=O)(OCC[Si](C)(C)C)OCC[Si](C)(C)C. The zero-order valence-electron chi connectivity index (χ0n) is 43.4. The topological polar surface area (TPSA) is 126 Å². The van der Waals surface area contributed by atoms with Crippen LogP contribution >= 0.6 is 7.82 Å². The highest BCUT2D eigenvalue weighted by molar-refractivity contribution is 7.48. The number of hydrogen-bond acceptors (Lipinski definition) is 12. The number of ether oxygens (including phenoxy) is 5. The van der Waals surface area contributed by atoms with Crippen LogP contribution in [0.2, 0.25) is 89.1 Å². The van der Waals surface area contributed by atoms with E-state index in [2.05, 4.69) is 114 Å². The lowest BCUT2D eigenvalue weighted by Gasteiger charge is -2.53. The van der Waals surface area contributed by atoms with Crippen molar-refractivity contribution >= 4 is 46.9 Å². The number of phosphoric acid groups is 1. The largest absolute Gasteiger partial charge is 0.475 e. The molecule has 0 aromatic carbocycles. The van der Waals surface area contributed by atoms with Gasteiger partial charge in [0.2, 0.25) is 0 Å². The number of methoxy groups -OCH3 is 1. The highest BCUT2D eigenvalue weighted by atomic mass is 31.2. The zero-order valence-corrected chi connectivity index (χ0v) is 48.2. The minimum Gasteiger partial charge on any atom is -0.417 e. The van der Waals surface area contributed by atoms with E-state index < -0.39 is 82.0 Å². The second kappa shape index (κ2) is 20.9. The Morgan fingerprint density at radius 1 is 0.790 bits per heavy atom. The molecule has 0 bridgehead atoms. The Morgan fingerprint density at radius 2 is 1.34 bits per heavy atom. The molecular weight excluding hydrogens is 876 g/mol. The highest BCUT2D eigenvalue weighted by Crippen LogP contribution is 2.62. The monoisotopic (exact) mass is 969 g/mol. The van der Waals surface area contributed by atoms with Gasteiger partial charge in [-0.05, 0) is 63.7 Å². The van der Waals surface area contributed by atoms with Crippen molar-refractivity contribution in [3.05, 3.63) is 0 Å². The van der Waals surface area contributed by atoms with Crippen molar-refractivity contribution in [2.75, 3.05) is 26.9 Å². The van der Waals surface area contributed by atoms with Crippen molar-refractivity contribution in [1.29, 1.82) is 0 Å². The molecule has 1 spiro atoms. The summed E-state index contributed by atoms with van der Waals surface area (Å²) >= 11 is 0. The predicted molar refractivity (Wildman–Crippen MR) is 260 cm³/mol. The van der Waals surface area contributed by atoms with Crippen LogP contribution in [0.5, 0.6) is 0 Å². The standard InChI is InChI=1S/C45H93O12PSi4/c1-32(31-51-61(18,19)20)39-34(3)36(52-44(9,10)54-39)29-37(48-11)40-41(56-58(47,49-25-27-59(12,13)14)50-26-28-60(15,16)17)43(7,8)45(55-40)30-38(33(2)35(53-45)23-24-46)57-62(21,22)42(4,5)6/h24,32-41H,23,25-31H2,1-22H3/t32-,33-,34+,35+,36+,37+,38-,39-,40-,41+,45+/m1/s1. The highest BCUT2D eigenvalue weighted by Gasteiger charge is 2.69. The zero-order chi connectivity index (χ0) is 47.7. The molecule has 3 fully saturated rings. The molecule has 3 aliphatic rings. The van der Waals surface area contributed by atoms with Gasteiger partial charge in [0.15, 0.2) is 28.2 Å². The predicted octanol–water partition coefficient (Wildman–Crippen LogP) is 11.8. The van der Waals surface area contributed by atoms with E-state index in [0.29, 0.717) is 19.4 Å². The van der Waals surface area contributed by atoms with E-state index in [1.165, 1.54) is 0 Å². The molecule has 0 unspecified atom stereocenters. The third-order valence-corrected chi connectivity index (χ3v) is 24.2. The lowest BCUT2D eigenvalue weighted by molar-refractivity contribution is -0.341. The quantitative estimate of drug-likeness (QED) is 0.0582. The summed E-state index contributed by atoms with van der Waals surface area (Å²) in [7, 11) is -9.75. The number of rotatable bonds is 22. The van der Waals surface area contributed by atoms with Gasteiger partial charge in [0, 0.05) is 72.3 Å². The van der Waals surface area contributed by atoms with Gasteiger partial charge in [0.25, 0.3) is 0 Å². The smallest absolute Gasteiger partial charge is 0.417 e. The normalized spacial score (nSPS) is 32.2. The third-order valence-electron chi connectivity index (χ3n) is 13.8. The molecule has 3 heterocycles. The first-order chi connectivity index (χ1) is 27.9. The van der Waals surface area contributed by atoms with E-state index in [1.807, 2.05) is 27.7 Å². The molecule has 0 saturated carbocycles. The number of aldehydes is 1. The van der Waals surface area contributed by atoms with Crippen LogP contribution in [0, 0.1) is 23.2 Å². The van der Waals surface area contributed by atoms with E-state index in [1.54, 1.807) is 7.11 Å². The van der Waals surface area contributed by atoms with Crippen molar-refractivity contribution in [2.24, 2.45) is 23.2 Å². The summed E-state index contributed by atoms with van der Waals surface area (Å²) in [6, 6.07) is 1.57. The molecule has 0 amide bonds. The fraction of sp³-hybridized carbons (Fsp3) is 0.978. The van der Waals surface area contributed by atoms with Crippen LogP contribution in [0.3, 0.4) is 0 Å². The third kappa shape index (κ3) is 15.2. The molecular formula is C45H93O12PSi4. The summed E-state index contributed by atoms with van der Waals surface area (Å²) in [6.07, 6.45) is -1.65. The summed E-state index contributed by atoms with van der Waals surface area (Å²) in [4.78, 5) is 12.3. The minimum atomic E-state index is -4.20. The number of carbonyl (C=O) groups excluding carboxylic acids is 1. The second-order valence-electron chi connectivity index (χ2n) is 24.8. The summed E-state index contributed by atoms with van der Waals surface area (Å²) < 4.78 is 82.8. The van der Waals surface area contributed by atoms with Crippen LogP contribution in [0.25, 0.3) is 0 Å². The average Bonchev–Trinajstić information content (AvgIpc) is 3.28. The van der Waals surface area contributed by atoms with Crippen LogP contribution in [0.4, 0.5) is 0 Å². The summed E-state index contributed by atoms with van der Waals surface area (Å²) in [5, 5.41) is -0.0583. The van der Waals surface area contributed by atoms with E-state index in [9.17, 15) is 4.79 Å². The Hall–Kier alpha value is 0.368. The molecule has 366 valence electrons. The van der Waals surface area contributed by atoms with Crippen LogP contribution in [-0.4, -0.2) is 120 Å². The lowest BCUT2D eigenvalue weighted by Crippen LogP contribution is -2.60. The molecule has 11 atom stereocenters. The molecule has 62 heavy (non-hydrogen) atoms. The van der Waals surface area contributed by atoms with Gasteiger partial charge in [-0.15, -0.1) is 0 Å². The van der Waals surface area contributed by atoms with Gasteiger partial charge >= 0.3 is 7.82 Å². The van der Waals surface area contributed by atoms with Crippen molar-refractivity contribution < 1.29 is 55.5 Å². The maximum absolute atomic E-state index is 15.2. The van der Waals surface area contributed by atoms with Gasteiger partial charge in [0.05, 0.1) is 43.7 Å². The minimum absolute atomic E-state index is 0.0318. The molecule has 12 nitrogen and oxygen atoms in total. The van der Waals surface area contributed by atoms with Crippen molar-refractivity contribution in [3.8, 4) is 0 Å². The van der Waals surface area contributed by atoms with Gasteiger partial charge in [-0.2, -0.15) is 0 Å². The van der Waals surface area contributed by atoms with Crippen LogP contribution < -0.4 is 0 Å².